The van der Waals surface area contributed by atoms with Gasteiger partial charge in [-0.25, -0.2) is 4.98 Å². The number of nitro benzene ring substituents is 1. The lowest BCUT2D eigenvalue weighted by Crippen LogP contribution is -2.48. The Balaban J connectivity index is 1.33. The van der Waals surface area contributed by atoms with Gasteiger partial charge in [0.1, 0.15) is 10.5 Å². The maximum Gasteiger partial charge on any atom is 0.292 e. The Hall–Kier alpha value is -2.98. The number of anilines is 1. The standard InChI is InChI=1S/C18H15N5O3S2/c24-17(15-11-14-16(28-15)19-18-22(14)9-10-27-18)21-7-5-20(6-8-21)12-3-1-2-4-13(12)23(25)26/h1-4,9-11H,5-8H2. The summed E-state index contributed by atoms with van der Waals surface area (Å²) in [6, 6.07) is 8.65. The van der Waals surface area contributed by atoms with Crippen LogP contribution in [0.15, 0.2) is 41.9 Å². The number of nitrogens with zero attached hydrogens (tertiary/aromatic N) is 5. The Morgan fingerprint density at radius 2 is 1.96 bits per heavy atom. The van der Waals surface area contributed by atoms with E-state index >= 15 is 0 Å². The normalized spacial score (nSPS) is 14.9. The zero-order chi connectivity index (χ0) is 19.3. The highest BCUT2D eigenvalue weighted by Crippen LogP contribution is 2.31. The van der Waals surface area contributed by atoms with Crippen LogP contribution in [0, 0.1) is 10.1 Å². The molecule has 10 heteroatoms. The third-order valence-electron chi connectivity index (χ3n) is 4.94. The lowest BCUT2D eigenvalue weighted by Gasteiger charge is -2.35. The number of para-hydroxylation sites is 2. The molecule has 0 spiro atoms. The van der Waals surface area contributed by atoms with E-state index in [1.54, 1.807) is 29.5 Å². The quantitative estimate of drug-likeness (QED) is 0.379. The number of benzene rings is 1. The van der Waals surface area contributed by atoms with Crippen molar-refractivity contribution in [3.8, 4) is 0 Å². The van der Waals surface area contributed by atoms with Crippen molar-refractivity contribution in [2.24, 2.45) is 0 Å². The van der Waals surface area contributed by atoms with Crippen molar-refractivity contribution < 1.29 is 9.72 Å². The average molecular weight is 413 g/mol. The van der Waals surface area contributed by atoms with E-state index < -0.39 is 0 Å². The molecule has 5 rings (SSSR count). The van der Waals surface area contributed by atoms with Gasteiger partial charge in [0.25, 0.3) is 11.6 Å². The van der Waals surface area contributed by atoms with Crippen LogP contribution in [0.3, 0.4) is 0 Å². The fourth-order valence-electron chi connectivity index (χ4n) is 3.55. The molecule has 142 valence electrons. The topological polar surface area (TPSA) is 84.0 Å². The number of carbonyl (C=O) groups is 1. The van der Waals surface area contributed by atoms with Crippen molar-refractivity contribution in [2.45, 2.75) is 0 Å². The number of aromatic nitrogens is 2. The second-order valence-electron chi connectivity index (χ2n) is 6.49. The van der Waals surface area contributed by atoms with Crippen LogP contribution in [-0.4, -0.2) is 51.3 Å². The fourth-order valence-corrected chi connectivity index (χ4v) is 5.31. The Morgan fingerprint density at radius 1 is 1.18 bits per heavy atom. The minimum absolute atomic E-state index is 0.00538. The monoisotopic (exact) mass is 413 g/mol. The molecule has 4 aromatic rings. The molecule has 0 atom stereocenters. The fraction of sp³-hybridized carbons (Fsp3) is 0.222. The number of thiazole rings is 1. The third kappa shape index (κ3) is 2.72. The number of hydrogen-bond acceptors (Lipinski definition) is 7. The molecule has 1 fully saturated rings. The average Bonchev–Trinajstić information content (AvgIpc) is 3.40. The van der Waals surface area contributed by atoms with Crippen LogP contribution in [0.1, 0.15) is 9.67 Å². The summed E-state index contributed by atoms with van der Waals surface area (Å²) >= 11 is 2.98. The van der Waals surface area contributed by atoms with E-state index in [0.29, 0.717) is 36.7 Å². The SMILES string of the molecule is O=C(c1cc2c(nc3sccn32)s1)N1CCN(c2ccccc2[N+](=O)[O-])CC1. The zero-order valence-corrected chi connectivity index (χ0v) is 16.3. The van der Waals surface area contributed by atoms with E-state index in [0.717, 1.165) is 15.3 Å². The Morgan fingerprint density at radius 3 is 2.75 bits per heavy atom. The van der Waals surface area contributed by atoms with Crippen molar-refractivity contribution in [1.29, 1.82) is 0 Å². The van der Waals surface area contributed by atoms with Gasteiger partial charge in [0, 0.05) is 43.8 Å². The van der Waals surface area contributed by atoms with Crippen molar-refractivity contribution in [3.63, 3.8) is 0 Å². The molecule has 0 aliphatic carbocycles. The summed E-state index contributed by atoms with van der Waals surface area (Å²) in [4.78, 5) is 34.7. The Labute approximate surface area is 167 Å². The summed E-state index contributed by atoms with van der Waals surface area (Å²) < 4.78 is 2.00. The van der Waals surface area contributed by atoms with E-state index in [-0.39, 0.29) is 16.5 Å². The number of piperazine rings is 1. The summed E-state index contributed by atoms with van der Waals surface area (Å²) in [5.74, 6) is -0.00538. The van der Waals surface area contributed by atoms with Gasteiger partial charge < -0.3 is 9.80 Å². The van der Waals surface area contributed by atoms with Crippen LogP contribution in [0.25, 0.3) is 15.3 Å². The van der Waals surface area contributed by atoms with Crippen molar-refractivity contribution in [1.82, 2.24) is 14.3 Å². The van der Waals surface area contributed by atoms with Gasteiger partial charge in [-0.15, -0.1) is 22.7 Å². The molecule has 0 N–H and O–H groups in total. The summed E-state index contributed by atoms with van der Waals surface area (Å²) in [6.07, 6.45) is 1.96. The predicted molar refractivity (Wildman–Crippen MR) is 110 cm³/mol. The number of amides is 1. The van der Waals surface area contributed by atoms with Crippen molar-refractivity contribution in [3.05, 3.63) is 56.9 Å². The van der Waals surface area contributed by atoms with Gasteiger partial charge in [-0.2, -0.15) is 0 Å². The molecule has 1 aliphatic rings. The van der Waals surface area contributed by atoms with E-state index in [1.807, 2.05) is 31.8 Å². The second kappa shape index (κ2) is 6.57. The number of carbonyl (C=O) groups excluding carboxylic acids is 1. The zero-order valence-electron chi connectivity index (χ0n) is 14.6. The molecule has 0 unspecified atom stereocenters. The first-order valence-corrected chi connectivity index (χ1v) is 10.4. The van der Waals surface area contributed by atoms with Crippen LogP contribution in [0.5, 0.6) is 0 Å². The minimum Gasteiger partial charge on any atom is -0.362 e. The van der Waals surface area contributed by atoms with E-state index in [9.17, 15) is 14.9 Å². The van der Waals surface area contributed by atoms with Crippen LogP contribution in [0.4, 0.5) is 11.4 Å². The molecule has 1 amide bonds. The first-order chi connectivity index (χ1) is 13.6. The highest BCUT2D eigenvalue weighted by atomic mass is 32.1. The van der Waals surface area contributed by atoms with E-state index in [1.165, 1.54) is 17.4 Å². The van der Waals surface area contributed by atoms with Crippen LogP contribution < -0.4 is 4.90 Å². The summed E-state index contributed by atoms with van der Waals surface area (Å²) in [5, 5.41) is 13.2. The Kier molecular flexibility index (Phi) is 4.02. The van der Waals surface area contributed by atoms with Gasteiger partial charge in [0.15, 0.2) is 4.96 Å². The van der Waals surface area contributed by atoms with Gasteiger partial charge in [0.05, 0.1) is 15.3 Å². The van der Waals surface area contributed by atoms with Gasteiger partial charge in [0.2, 0.25) is 0 Å². The van der Waals surface area contributed by atoms with Crippen LogP contribution in [-0.2, 0) is 0 Å². The lowest BCUT2D eigenvalue weighted by atomic mass is 10.2. The molecule has 4 heterocycles. The van der Waals surface area contributed by atoms with Gasteiger partial charge in [-0.1, -0.05) is 12.1 Å². The number of nitro groups is 1. The largest absolute Gasteiger partial charge is 0.362 e. The molecule has 0 saturated carbocycles. The van der Waals surface area contributed by atoms with Crippen LogP contribution >= 0.6 is 22.7 Å². The number of rotatable bonds is 3. The first-order valence-electron chi connectivity index (χ1n) is 8.74. The van der Waals surface area contributed by atoms with Gasteiger partial charge >= 0.3 is 0 Å². The van der Waals surface area contributed by atoms with Crippen molar-refractivity contribution >= 4 is 55.3 Å². The van der Waals surface area contributed by atoms with Gasteiger partial charge in [-0.05, 0) is 12.1 Å². The molecule has 1 aromatic carbocycles. The molecular formula is C18H15N5O3S2. The molecule has 1 saturated heterocycles. The molecule has 0 radical (unpaired) electrons. The molecular weight excluding hydrogens is 398 g/mol. The first kappa shape index (κ1) is 17.1. The van der Waals surface area contributed by atoms with Crippen LogP contribution in [0.2, 0.25) is 0 Å². The number of thiophene rings is 1. The maximum atomic E-state index is 12.9. The smallest absolute Gasteiger partial charge is 0.292 e. The third-order valence-corrected chi connectivity index (χ3v) is 6.70. The molecule has 28 heavy (non-hydrogen) atoms. The maximum absolute atomic E-state index is 12.9. The second-order valence-corrected chi connectivity index (χ2v) is 8.40. The molecule has 8 nitrogen and oxygen atoms in total. The summed E-state index contributed by atoms with van der Waals surface area (Å²) in [5.41, 5.74) is 1.67. The van der Waals surface area contributed by atoms with Gasteiger partial charge in [-0.3, -0.25) is 19.3 Å². The number of fused-ring (bicyclic) bond motifs is 3. The molecule has 1 aliphatic heterocycles. The number of imidazole rings is 1. The highest BCUT2D eigenvalue weighted by Gasteiger charge is 2.27. The minimum atomic E-state index is -0.361. The van der Waals surface area contributed by atoms with Crippen molar-refractivity contribution in [2.75, 3.05) is 31.1 Å². The Bertz CT molecular complexity index is 1200. The summed E-state index contributed by atoms with van der Waals surface area (Å²) in [7, 11) is 0. The lowest BCUT2D eigenvalue weighted by molar-refractivity contribution is -0.384. The highest BCUT2D eigenvalue weighted by molar-refractivity contribution is 7.21. The predicted octanol–water partition coefficient (Wildman–Crippen LogP) is 3.48. The van der Waals surface area contributed by atoms with E-state index in [2.05, 4.69) is 4.98 Å². The summed E-state index contributed by atoms with van der Waals surface area (Å²) in [6.45, 7) is 2.19. The van der Waals surface area contributed by atoms with E-state index in [4.69, 9.17) is 0 Å². The number of hydrogen-bond donors (Lipinski definition) is 0. The molecule has 0 bridgehead atoms. The molecule has 3 aromatic heterocycles.